The Morgan fingerprint density at radius 2 is 2.06 bits per heavy atom. The van der Waals surface area contributed by atoms with Crippen LogP contribution in [0.4, 0.5) is 0 Å². The van der Waals surface area contributed by atoms with Gasteiger partial charge >= 0.3 is 0 Å². The second-order valence-corrected chi connectivity index (χ2v) is 5.02. The second-order valence-electron chi connectivity index (χ2n) is 4.24. The third-order valence-electron chi connectivity index (χ3n) is 3.36. The van der Waals surface area contributed by atoms with E-state index in [9.17, 15) is 0 Å². The lowest BCUT2D eigenvalue weighted by Crippen LogP contribution is -2.41. The second kappa shape index (κ2) is 6.05. The number of rotatable bonds is 5. The van der Waals surface area contributed by atoms with Gasteiger partial charge in [0.25, 0.3) is 0 Å². The summed E-state index contributed by atoms with van der Waals surface area (Å²) < 4.78 is 5.63. The highest BCUT2D eigenvalue weighted by atomic mass is 35.5. The number of hydrogen-bond acceptors (Lipinski definition) is 2. The zero-order chi connectivity index (χ0) is 13.1. The first-order chi connectivity index (χ1) is 8.00. The van der Waals surface area contributed by atoms with Gasteiger partial charge in [-0.3, -0.25) is 0 Å². The summed E-state index contributed by atoms with van der Waals surface area (Å²) in [6.07, 6.45) is 0.873. The normalized spacial score (nSPS) is 16.6. The van der Waals surface area contributed by atoms with Crippen molar-refractivity contribution in [3.05, 3.63) is 33.8 Å². The number of ether oxygens (including phenoxy) is 1. The highest BCUT2D eigenvalue weighted by Crippen LogP contribution is 2.37. The van der Waals surface area contributed by atoms with Crippen LogP contribution in [0.1, 0.15) is 31.9 Å². The van der Waals surface area contributed by atoms with Crippen LogP contribution in [-0.4, -0.2) is 19.8 Å². The Bertz CT molecular complexity index is 378. The van der Waals surface area contributed by atoms with Crippen molar-refractivity contribution in [2.24, 2.45) is 0 Å². The van der Waals surface area contributed by atoms with Crippen LogP contribution in [0.2, 0.25) is 10.0 Å². The van der Waals surface area contributed by atoms with E-state index >= 15 is 0 Å². The van der Waals surface area contributed by atoms with E-state index in [1.165, 1.54) is 0 Å². The molecule has 0 saturated heterocycles. The van der Waals surface area contributed by atoms with Gasteiger partial charge in [0, 0.05) is 7.11 Å². The predicted molar refractivity (Wildman–Crippen MR) is 74.0 cm³/mol. The van der Waals surface area contributed by atoms with Crippen molar-refractivity contribution in [2.45, 2.75) is 31.9 Å². The van der Waals surface area contributed by atoms with Crippen LogP contribution < -0.4 is 5.32 Å². The summed E-state index contributed by atoms with van der Waals surface area (Å²) in [5, 5.41) is 4.42. The monoisotopic (exact) mass is 275 g/mol. The number of hydrogen-bond donors (Lipinski definition) is 1. The van der Waals surface area contributed by atoms with Crippen molar-refractivity contribution in [3.63, 3.8) is 0 Å². The van der Waals surface area contributed by atoms with Crippen molar-refractivity contribution >= 4 is 23.2 Å². The molecule has 2 nitrogen and oxygen atoms in total. The molecule has 1 rings (SSSR count). The molecule has 0 heterocycles. The van der Waals surface area contributed by atoms with Crippen molar-refractivity contribution in [3.8, 4) is 0 Å². The van der Waals surface area contributed by atoms with Crippen LogP contribution >= 0.6 is 23.2 Å². The Balaban J connectivity index is 3.22. The summed E-state index contributed by atoms with van der Waals surface area (Å²) in [6, 6.07) is 5.67. The minimum atomic E-state index is -0.316. The summed E-state index contributed by atoms with van der Waals surface area (Å²) in [5.41, 5.74) is 0.649. The smallest absolute Gasteiger partial charge is 0.0842 e. The van der Waals surface area contributed by atoms with Crippen molar-refractivity contribution in [2.75, 3.05) is 14.2 Å². The molecule has 96 valence electrons. The Morgan fingerprint density at radius 1 is 1.41 bits per heavy atom. The van der Waals surface area contributed by atoms with Crippen molar-refractivity contribution in [1.82, 2.24) is 5.32 Å². The molecular formula is C13H19Cl2NO. The topological polar surface area (TPSA) is 21.3 Å². The van der Waals surface area contributed by atoms with Gasteiger partial charge in [-0.25, -0.2) is 0 Å². The minimum absolute atomic E-state index is 0.00343. The van der Waals surface area contributed by atoms with E-state index in [-0.39, 0.29) is 11.6 Å². The van der Waals surface area contributed by atoms with Crippen LogP contribution in [0.5, 0.6) is 0 Å². The van der Waals surface area contributed by atoms with Gasteiger partial charge < -0.3 is 10.1 Å². The van der Waals surface area contributed by atoms with Gasteiger partial charge in [0.05, 0.1) is 21.7 Å². The molecule has 1 aromatic rings. The molecule has 0 aliphatic heterocycles. The molecule has 0 saturated carbocycles. The van der Waals surface area contributed by atoms with E-state index in [2.05, 4.69) is 19.2 Å². The first-order valence-electron chi connectivity index (χ1n) is 5.66. The molecule has 0 radical (unpaired) electrons. The summed E-state index contributed by atoms with van der Waals surface area (Å²) >= 11 is 12.3. The molecule has 2 unspecified atom stereocenters. The molecule has 1 N–H and O–H groups in total. The highest BCUT2D eigenvalue weighted by molar-refractivity contribution is 6.42. The third kappa shape index (κ3) is 2.94. The van der Waals surface area contributed by atoms with E-state index in [4.69, 9.17) is 27.9 Å². The summed E-state index contributed by atoms with van der Waals surface area (Å²) in [4.78, 5) is 0. The summed E-state index contributed by atoms with van der Waals surface area (Å²) in [6.45, 7) is 4.15. The molecule has 2 atom stereocenters. The largest absolute Gasteiger partial charge is 0.377 e. The fraction of sp³-hybridized carbons (Fsp3) is 0.538. The molecule has 0 amide bonds. The van der Waals surface area contributed by atoms with E-state index in [0.29, 0.717) is 10.0 Å². The summed E-state index contributed by atoms with van der Waals surface area (Å²) in [5.74, 6) is 0. The minimum Gasteiger partial charge on any atom is -0.377 e. The van der Waals surface area contributed by atoms with Gasteiger partial charge in [-0.1, -0.05) is 42.3 Å². The molecule has 0 aliphatic carbocycles. The average molecular weight is 276 g/mol. The zero-order valence-electron chi connectivity index (χ0n) is 10.7. The third-order valence-corrected chi connectivity index (χ3v) is 4.19. The Morgan fingerprint density at radius 3 is 2.53 bits per heavy atom. The molecule has 0 spiro atoms. The van der Waals surface area contributed by atoms with Gasteiger partial charge in [0.2, 0.25) is 0 Å². The van der Waals surface area contributed by atoms with Gasteiger partial charge in [0.15, 0.2) is 0 Å². The van der Waals surface area contributed by atoms with Crippen molar-refractivity contribution < 1.29 is 4.74 Å². The van der Waals surface area contributed by atoms with E-state index in [0.717, 1.165) is 12.0 Å². The lowest BCUT2D eigenvalue weighted by Gasteiger charge is -2.36. The van der Waals surface area contributed by atoms with Gasteiger partial charge in [-0.05, 0) is 32.0 Å². The maximum absolute atomic E-state index is 6.26. The first-order valence-corrected chi connectivity index (χ1v) is 6.42. The number of methoxy groups -OCH3 is 1. The SMILES string of the molecule is CCC(C)(OC)C(NC)c1cccc(Cl)c1Cl. The van der Waals surface area contributed by atoms with Crippen LogP contribution in [0.15, 0.2) is 18.2 Å². The summed E-state index contributed by atoms with van der Waals surface area (Å²) in [7, 11) is 3.61. The predicted octanol–water partition coefficient (Wildman–Crippen LogP) is 4.07. The molecule has 1 aromatic carbocycles. The van der Waals surface area contributed by atoms with E-state index in [1.807, 2.05) is 19.2 Å². The number of nitrogens with one attached hydrogen (secondary N) is 1. The maximum Gasteiger partial charge on any atom is 0.0842 e. The molecule has 0 bridgehead atoms. The number of halogens is 2. The molecule has 17 heavy (non-hydrogen) atoms. The molecule has 0 aromatic heterocycles. The standard InChI is InChI=1S/C13H19Cl2NO/c1-5-13(2,17-4)12(16-3)9-7-6-8-10(14)11(9)15/h6-8,12,16H,5H2,1-4H3. The van der Waals surface area contributed by atoms with Gasteiger partial charge in [-0.2, -0.15) is 0 Å². The number of benzene rings is 1. The fourth-order valence-electron chi connectivity index (χ4n) is 2.00. The Labute approximate surface area is 113 Å². The Kier molecular flexibility index (Phi) is 5.26. The van der Waals surface area contributed by atoms with E-state index < -0.39 is 0 Å². The van der Waals surface area contributed by atoms with Crippen LogP contribution in [0.3, 0.4) is 0 Å². The zero-order valence-corrected chi connectivity index (χ0v) is 12.2. The molecule has 4 heteroatoms. The molecule has 0 fully saturated rings. The van der Waals surface area contributed by atoms with Crippen LogP contribution in [0, 0.1) is 0 Å². The maximum atomic E-state index is 6.26. The Hall–Kier alpha value is -0.280. The van der Waals surface area contributed by atoms with Crippen LogP contribution in [-0.2, 0) is 4.74 Å². The lowest BCUT2D eigenvalue weighted by molar-refractivity contribution is -0.0280. The van der Waals surface area contributed by atoms with Crippen molar-refractivity contribution in [1.29, 1.82) is 0 Å². The molecule has 0 aliphatic rings. The first kappa shape index (κ1) is 14.8. The lowest BCUT2D eigenvalue weighted by atomic mass is 9.87. The van der Waals surface area contributed by atoms with Gasteiger partial charge in [0.1, 0.15) is 0 Å². The highest BCUT2D eigenvalue weighted by Gasteiger charge is 2.34. The number of likely N-dealkylation sites (N-methyl/N-ethyl adjacent to an activating group) is 1. The van der Waals surface area contributed by atoms with Crippen LogP contribution in [0.25, 0.3) is 0 Å². The molecular weight excluding hydrogens is 257 g/mol. The average Bonchev–Trinajstić information content (AvgIpc) is 2.35. The van der Waals surface area contributed by atoms with Gasteiger partial charge in [-0.15, -0.1) is 0 Å². The van der Waals surface area contributed by atoms with E-state index in [1.54, 1.807) is 13.2 Å². The quantitative estimate of drug-likeness (QED) is 0.875. The fourth-order valence-corrected chi connectivity index (χ4v) is 2.42.